The van der Waals surface area contributed by atoms with E-state index in [4.69, 9.17) is 5.73 Å². The third-order valence-corrected chi connectivity index (χ3v) is 3.96. The Morgan fingerprint density at radius 3 is 3.05 bits per heavy atom. The van der Waals surface area contributed by atoms with E-state index in [1.165, 1.54) is 23.4 Å². The molecule has 0 bridgehead atoms. The van der Waals surface area contributed by atoms with Crippen LogP contribution in [0.3, 0.4) is 0 Å². The fourth-order valence-corrected chi connectivity index (χ4v) is 2.88. The summed E-state index contributed by atoms with van der Waals surface area (Å²) in [6.45, 7) is 2.75. The molecule has 100 valence electrons. The van der Waals surface area contributed by atoms with Gasteiger partial charge >= 0.3 is 0 Å². The summed E-state index contributed by atoms with van der Waals surface area (Å²) in [5, 5.41) is 4.58. The summed E-state index contributed by atoms with van der Waals surface area (Å²) in [5.41, 5.74) is 10.1. The van der Waals surface area contributed by atoms with Gasteiger partial charge in [-0.1, -0.05) is 6.07 Å². The van der Waals surface area contributed by atoms with Crippen molar-refractivity contribution in [3.63, 3.8) is 0 Å². The number of aromatic nitrogens is 2. The molecule has 4 heteroatoms. The van der Waals surface area contributed by atoms with Crippen LogP contribution in [0.25, 0.3) is 5.69 Å². The Kier molecular flexibility index (Phi) is 3.11. The molecule has 1 aromatic carbocycles. The zero-order chi connectivity index (χ0) is 13.4. The predicted octanol–water partition coefficient (Wildman–Crippen LogP) is 2.38. The quantitative estimate of drug-likeness (QED) is 0.900. The number of hydrogen-bond donors (Lipinski definition) is 1. The molecule has 3 nitrogen and oxygen atoms in total. The van der Waals surface area contributed by atoms with E-state index in [2.05, 4.69) is 5.10 Å². The fraction of sp³-hybridized carbons (Fsp3) is 0.400. The average molecular weight is 259 g/mol. The van der Waals surface area contributed by atoms with Gasteiger partial charge in [0.2, 0.25) is 0 Å². The molecular weight excluding hydrogens is 241 g/mol. The molecule has 3 rings (SSSR count). The minimum atomic E-state index is -0.227. The summed E-state index contributed by atoms with van der Waals surface area (Å²) in [6, 6.07) is 6.60. The molecule has 0 spiro atoms. The van der Waals surface area contributed by atoms with E-state index >= 15 is 0 Å². The third-order valence-electron chi connectivity index (χ3n) is 3.96. The number of benzene rings is 1. The van der Waals surface area contributed by atoms with Crippen LogP contribution in [0.5, 0.6) is 0 Å². The van der Waals surface area contributed by atoms with E-state index in [9.17, 15) is 4.39 Å². The first-order valence-electron chi connectivity index (χ1n) is 6.72. The van der Waals surface area contributed by atoms with Gasteiger partial charge in [0, 0.05) is 5.69 Å². The van der Waals surface area contributed by atoms with E-state index in [1.54, 1.807) is 6.07 Å². The minimum absolute atomic E-state index is 0.227. The van der Waals surface area contributed by atoms with Gasteiger partial charge in [-0.25, -0.2) is 9.07 Å². The molecule has 0 fully saturated rings. The number of fused-ring (bicyclic) bond motifs is 1. The second-order valence-corrected chi connectivity index (χ2v) is 5.25. The maximum atomic E-state index is 13.4. The van der Waals surface area contributed by atoms with Crippen LogP contribution < -0.4 is 5.73 Å². The van der Waals surface area contributed by atoms with Crippen LogP contribution in [0.4, 0.5) is 4.39 Å². The highest BCUT2D eigenvalue weighted by Crippen LogP contribution is 2.29. The van der Waals surface area contributed by atoms with Crippen LogP contribution in [0, 0.1) is 18.7 Å². The second kappa shape index (κ2) is 4.78. The number of nitrogens with zero attached hydrogens (tertiary/aromatic N) is 2. The summed E-state index contributed by atoms with van der Waals surface area (Å²) in [7, 11) is 0. The van der Waals surface area contributed by atoms with Crippen molar-refractivity contribution in [1.82, 2.24) is 9.78 Å². The standard InChI is InChI=1S/C15H18FN3/c1-10-14-7-11(9-17)5-6-15(14)19(18-10)13-4-2-3-12(16)8-13/h2-4,8,11H,5-7,9,17H2,1H3. The zero-order valence-electron chi connectivity index (χ0n) is 11.1. The lowest BCUT2D eigenvalue weighted by molar-refractivity contribution is 0.461. The van der Waals surface area contributed by atoms with Gasteiger partial charge in [-0.05, 0) is 62.4 Å². The molecular formula is C15H18FN3. The highest BCUT2D eigenvalue weighted by Gasteiger charge is 2.24. The fourth-order valence-electron chi connectivity index (χ4n) is 2.88. The minimum Gasteiger partial charge on any atom is -0.330 e. The zero-order valence-corrected chi connectivity index (χ0v) is 11.1. The normalized spacial score (nSPS) is 18.4. The molecule has 0 saturated carbocycles. The molecule has 0 radical (unpaired) electrons. The van der Waals surface area contributed by atoms with Gasteiger partial charge in [-0.2, -0.15) is 5.10 Å². The molecule has 1 atom stereocenters. The van der Waals surface area contributed by atoms with Crippen LogP contribution in [0.1, 0.15) is 23.4 Å². The van der Waals surface area contributed by atoms with Crippen LogP contribution in [0.2, 0.25) is 0 Å². The lowest BCUT2D eigenvalue weighted by Gasteiger charge is -2.21. The molecule has 0 amide bonds. The van der Waals surface area contributed by atoms with Crippen LogP contribution in [-0.4, -0.2) is 16.3 Å². The van der Waals surface area contributed by atoms with Crippen molar-refractivity contribution in [1.29, 1.82) is 0 Å². The Morgan fingerprint density at radius 1 is 1.47 bits per heavy atom. The van der Waals surface area contributed by atoms with Gasteiger partial charge in [-0.3, -0.25) is 0 Å². The number of aryl methyl sites for hydroxylation is 1. The van der Waals surface area contributed by atoms with E-state index in [0.717, 1.165) is 37.2 Å². The first-order chi connectivity index (χ1) is 9.19. The molecule has 1 unspecified atom stereocenters. The van der Waals surface area contributed by atoms with E-state index in [0.29, 0.717) is 5.92 Å². The Labute approximate surface area is 112 Å². The summed E-state index contributed by atoms with van der Waals surface area (Å²) >= 11 is 0. The maximum Gasteiger partial charge on any atom is 0.125 e. The van der Waals surface area contributed by atoms with Gasteiger partial charge in [0.25, 0.3) is 0 Å². The van der Waals surface area contributed by atoms with Gasteiger partial charge in [0.05, 0.1) is 11.4 Å². The van der Waals surface area contributed by atoms with Gasteiger partial charge < -0.3 is 5.73 Å². The lowest BCUT2D eigenvalue weighted by atomic mass is 9.86. The lowest BCUT2D eigenvalue weighted by Crippen LogP contribution is -2.23. The smallest absolute Gasteiger partial charge is 0.125 e. The first-order valence-corrected chi connectivity index (χ1v) is 6.72. The molecule has 1 aliphatic carbocycles. The van der Waals surface area contributed by atoms with E-state index in [1.807, 2.05) is 17.7 Å². The topological polar surface area (TPSA) is 43.8 Å². The average Bonchev–Trinajstić information content (AvgIpc) is 2.76. The molecule has 1 aromatic heterocycles. The van der Waals surface area contributed by atoms with Crippen molar-refractivity contribution in [2.45, 2.75) is 26.2 Å². The molecule has 0 aliphatic heterocycles. The summed E-state index contributed by atoms with van der Waals surface area (Å²) in [6.07, 6.45) is 3.05. The van der Waals surface area contributed by atoms with Crippen molar-refractivity contribution in [2.75, 3.05) is 6.54 Å². The highest BCUT2D eigenvalue weighted by atomic mass is 19.1. The predicted molar refractivity (Wildman–Crippen MR) is 72.8 cm³/mol. The number of rotatable bonds is 2. The Bertz CT molecular complexity index is 603. The van der Waals surface area contributed by atoms with Crippen LogP contribution in [0.15, 0.2) is 24.3 Å². The van der Waals surface area contributed by atoms with E-state index in [-0.39, 0.29) is 5.82 Å². The van der Waals surface area contributed by atoms with Gasteiger partial charge in [0.15, 0.2) is 0 Å². The molecule has 1 aliphatic rings. The second-order valence-electron chi connectivity index (χ2n) is 5.25. The molecule has 2 aromatic rings. The SMILES string of the molecule is Cc1nn(-c2cccc(F)c2)c2c1CC(CN)CC2. The molecule has 2 N–H and O–H groups in total. The molecule has 1 heterocycles. The highest BCUT2D eigenvalue weighted by molar-refractivity contribution is 5.39. The number of hydrogen-bond acceptors (Lipinski definition) is 2. The van der Waals surface area contributed by atoms with Crippen LogP contribution in [-0.2, 0) is 12.8 Å². The summed E-state index contributed by atoms with van der Waals surface area (Å²) < 4.78 is 15.2. The van der Waals surface area contributed by atoms with E-state index < -0.39 is 0 Å². The van der Waals surface area contributed by atoms with Gasteiger partial charge in [-0.15, -0.1) is 0 Å². The third kappa shape index (κ3) is 2.16. The largest absolute Gasteiger partial charge is 0.330 e. The summed E-state index contributed by atoms with van der Waals surface area (Å²) in [4.78, 5) is 0. The van der Waals surface area contributed by atoms with Gasteiger partial charge in [0.1, 0.15) is 5.82 Å². The summed E-state index contributed by atoms with van der Waals surface area (Å²) in [5.74, 6) is 0.325. The Morgan fingerprint density at radius 2 is 2.32 bits per heavy atom. The van der Waals surface area contributed by atoms with Crippen molar-refractivity contribution in [3.8, 4) is 5.69 Å². The van der Waals surface area contributed by atoms with Crippen molar-refractivity contribution < 1.29 is 4.39 Å². The molecule has 19 heavy (non-hydrogen) atoms. The number of nitrogens with two attached hydrogens (primary N) is 1. The molecule has 0 saturated heterocycles. The van der Waals surface area contributed by atoms with Crippen molar-refractivity contribution >= 4 is 0 Å². The maximum absolute atomic E-state index is 13.4. The van der Waals surface area contributed by atoms with Crippen LogP contribution >= 0.6 is 0 Å². The Balaban J connectivity index is 2.05. The monoisotopic (exact) mass is 259 g/mol. The van der Waals surface area contributed by atoms with Crippen molar-refractivity contribution in [3.05, 3.63) is 47.0 Å². The first kappa shape index (κ1) is 12.4. The number of halogens is 1. The Hall–Kier alpha value is -1.68. The van der Waals surface area contributed by atoms with Crippen molar-refractivity contribution in [2.24, 2.45) is 11.7 Å².